The molecule has 3 N–H and O–H groups in total. The lowest BCUT2D eigenvalue weighted by Crippen LogP contribution is -2.57. The van der Waals surface area contributed by atoms with Gasteiger partial charge in [0.2, 0.25) is 5.75 Å². The van der Waals surface area contributed by atoms with Gasteiger partial charge in [-0.05, 0) is 45.7 Å². The summed E-state index contributed by atoms with van der Waals surface area (Å²) in [4.78, 5) is 25.6. The van der Waals surface area contributed by atoms with E-state index in [2.05, 4.69) is 10.6 Å². The second-order valence-corrected chi connectivity index (χ2v) is 9.54. The first-order chi connectivity index (χ1) is 18.0. The standard InChI is InChI=1S/C28H40N2O8/c1-8-37-26(32)22(29-17-19-14-15-21(34-5)25(36-7)24(19)35-6)23(31)20(16-18-12-10-9-11-13-18)30-27(33)38-28(2,3)4/h9-15,20,22-23,29,31H,8,16-17H2,1-7H3,(H,30,33)/t20-,22?,23?/m0/s1. The number of carbonyl (C=O) groups is 2. The van der Waals surface area contributed by atoms with Crippen LogP contribution in [0.4, 0.5) is 4.79 Å². The van der Waals surface area contributed by atoms with Crippen LogP contribution < -0.4 is 24.8 Å². The Hall–Kier alpha value is -3.50. The van der Waals surface area contributed by atoms with E-state index in [1.54, 1.807) is 39.8 Å². The van der Waals surface area contributed by atoms with E-state index < -0.39 is 35.9 Å². The zero-order valence-electron chi connectivity index (χ0n) is 23.2. The minimum Gasteiger partial charge on any atom is -0.493 e. The molecule has 0 saturated heterocycles. The van der Waals surface area contributed by atoms with Crippen molar-refractivity contribution in [2.75, 3.05) is 27.9 Å². The number of aliphatic hydroxyl groups excluding tert-OH is 1. The zero-order valence-corrected chi connectivity index (χ0v) is 23.2. The van der Waals surface area contributed by atoms with E-state index in [1.165, 1.54) is 21.3 Å². The van der Waals surface area contributed by atoms with Gasteiger partial charge >= 0.3 is 12.1 Å². The number of ether oxygens (including phenoxy) is 5. The van der Waals surface area contributed by atoms with Crippen molar-refractivity contribution >= 4 is 12.1 Å². The number of amides is 1. The first kappa shape index (κ1) is 30.7. The first-order valence-electron chi connectivity index (χ1n) is 12.4. The minimum absolute atomic E-state index is 0.117. The lowest BCUT2D eigenvalue weighted by atomic mass is 9.96. The largest absolute Gasteiger partial charge is 0.493 e. The summed E-state index contributed by atoms with van der Waals surface area (Å²) in [6.07, 6.45) is -1.83. The Morgan fingerprint density at radius 2 is 1.61 bits per heavy atom. The average Bonchev–Trinajstić information content (AvgIpc) is 2.87. The number of alkyl carbamates (subject to hydrolysis) is 1. The minimum atomic E-state index is -1.37. The number of esters is 1. The van der Waals surface area contributed by atoms with Crippen molar-refractivity contribution in [1.29, 1.82) is 0 Å². The van der Waals surface area contributed by atoms with Crippen LogP contribution in [0.25, 0.3) is 0 Å². The number of hydrogen-bond acceptors (Lipinski definition) is 9. The predicted octanol–water partition coefficient (Wildman–Crippen LogP) is 3.23. The third-order valence-electron chi connectivity index (χ3n) is 5.59. The highest BCUT2D eigenvalue weighted by Crippen LogP contribution is 2.39. The van der Waals surface area contributed by atoms with Crippen molar-refractivity contribution in [2.24, 2.45) is 0 Å². The normalized spacial score (nSPS) is 13.6. The smallest absolute Gasteiger partial charge is 0.407 e. The number of nitrogens with one attached hydrogen (secondary N) is 2. The van der Waals surface area contributed by atoms with E-state index >= 15 is 0 Å². The van der Waals surface area contributed by atoms with Gasteiger partial charge in [-0.3, -0.25) is 10.1 Å². The molecule has 2 rings (SSSR count). The number of aliphatic hydroxyl groups is 1. The van der Waals surface area contributed by atoms with Gasteiger partial charge in [-0.1, -0.05) is 36.4 Å². The number of hydrogen-bond donors (Lipinski definition) is 3. The van der Waals surface area contributed by atoms with E-state index in [4.69, 9.17) is 23.7 Å². The zero-order chi connectivity index (χ0) is 28.3. The van der Waals surface area contributed by atoms with Crippen molar-refractivity contribution < 1.29 is 38.4 Å². The molecule has 38 heavy (non-hydrogen) atoms. The molecule has 0 fully saturated rings. The first-order valence-corrected chi connectivity index (χ1v) is 12.4. The van der Waals surface area contributed by atoms with Crippen LogP contribution in [-0.4, -0.2) is 68.9 Å². The Morgan fingerprint density at radius 3 is 2.16 bits per heavy atom. The highest BCUT2D eigenvalue weighted by atomic mass is 16.6. The lowest BCUT2D eigenvalue weighted by Gasteiger charge is -2.31. The highest BCUT2D eigenvalue weighted by molar-refractivity contribution is 5.77. The van der Waals surface area contributed by atoms with E-state index in [0.717, 1.165) is 5.56 Å². The summed E-state index contributed by atoms with van der Waals surface area (Å²) >= 11 is 0. The third-order valence-corrected chi connectivity index (χ3v) is 5.59. The van der Waals surface area contributed by atoms with Crippen molar-refractivity contribution in [1.82, 2.24) is 10.6 Å². The molecule has 2 aromatic rings. The molecule has 1 amide bonds. The second-order valence-electron chi connectivity index (χ2n) is 9.54. The maximum Gasteiger partial charge on any atom is 0.407 e. The van der Waals surface area contributed by atoms with Gasteiger partial charge in [0.25, 0.3) is 0 Å². The molecule has 0 aliphatic heterocycles. The Bertz CT molecular complexity index is 1040. The Labute approximate surface area is 224 Å². The maximum atomic E-state index is 13.0. The monoisotopic (exact) mass is 532 g/mol. The molecule has 2 aromatic carbocycles. The molecule has 0 spiro atoms. The summed E-state index contributed by atoms with van der Waals surface area (Å²) < 4.78 is 27.0. The SMILES string of the molecule is CCOC(=O)C(NCc1ccc(OC)c(OC)c1OC)C(O)[C@H](Cc1ccccc1)NC(=O)OC(C)(C)C. The molecule has 0 saturated carbocycles. The molecule has 0 aromatic heterocycles. The highest BCUT2D eigenvalue weighted by Gasteiger charge is 2.36. The molecule has 0 aliphatic rings. The van der Waals surface area contributed by atoms with E-state index in [0.29, 0.717) is 22.8 Å². The third kappa shape index (κ3) is 8.81. The Kier molecular flexibility index (Phi) is 11.7. The molecule has 0 heterocycles. The number of rotatable bonds is 13. The average molecular weight is 533 g/mol. The fourth-order valence-corrected chi connectivity index (χ4v) is 3.91. The van der Waals surface area contributed by atoms with Gasteiger partial charge in [0.05, 0.1) is 34.0 Å². The van der Waals surface area contributed by atoms with Crippen LogP contribution in [0.15, 0.2) is 42.5 Å². The van der Waals surface area contributed by atoms with Crippen LogP contribution in [0.3, 0.4) is 0 Å². The quantitative estimate of drug-likeness (QED) is 0.334. The van der Waals surface area contributed by atoms with Crippen LogP contribution in [-0.2, 0) is 27.2 Å². The number of carbonyl (C=O) groups excluding carboxylic acids is 2. The van der Waals surface area contributed by atoms with Crippen molar-refractivity contribution in [3.8, 4) is 17.2 Å². The number of benzene rings is 2. The topological polar surface area (TPSA) is 125 Å². The van der Waals surface area contributed by atoms with Crippen LogP contribution >= 0.6 is 0 Å². The molecular weight excluding hydrogens is 492 g/mol. The molecule has 0 aliphatic carbocycles. The van der Waals surface area contributed by atoms with E-state index in [9.17, 15) is 14.7 Å². The number of methoxy groups -OCH3 is 3. The summed E-state index contributed by atoms with van der Waals surface area (Å²) in [6.45, 7) is 7.15. The lowest BCUT2D eigenvalue weighted by molar-refractivity contribution is -0.149. The van der Waals surface area contributed by atoms with Crippen LogP contribution in [0.2, 0.25) is 0 Å². The summed E-state index contributed by atoms with van der Waals surface area (Å²) in [7, 11) is 4.52. The molecule has 0 bridgehead atoms. The predicted molar refractivity (Wildman–Crippen MR) is 143 cm³/mol. The van der Waals surface area contributed by atoms with Gasteiger partial charge in [0.15, 0.2) is 11.5 Å². The van der Waals surface area contributed by atoms with Crippen molar-refractivity contribution in [2.45, 2.75) is 64.4 Å². The van der Waals surface area contributed by atoms with Crippen molar-refractivity contribution in [3.05, 3.63) is 53.6 Å². The second kappa shape index (κ2) is 14.4. The Balaban J connectivity index is 2.36. The molecule has 10 nitrogen and oxygen atoms in total. The van der Waals surface area contributed by atoms with Gasteiger partial charge in [0, 0.05) is 12.1 Å². The van der Waals surface area contributed by atoms with E-state index in [1.807, 2.05) is 30.3 Å². The molecular formula is C28H40N2O8. The molecule has 3 atom stereocenters. The summed E-state index contributed by atoms with van der Waals surface area (Å²) in [5, 5.41) is 17.3. The fraction of sp³-hybridized carbons (Fsp3) is 0.500. The molecule has 2 unspecified atom stereocenters. The van der Waals surface area contributed by atoms with Gasteiger partial charge in [-0.25, -0.2) is 4.79 Å². The fourth-order valence-electron chi connectivity index (χ4n) is 3.91. The van der Waals surface area contributed by atoms with E-state index in [-0.39, 0.29) is 19.6 Å². The van der Waals surface area contributed by atoms with Crippen LogP contribution in [0.5, 0.6) is 17.2 Å². The molecule has 0 radical (unpaired) electrons. The van der Waals surface area contributed by atoms with Crippen molar-refractivity contribution in [3.63, 3.8) is 0 Å². The van der Waals surface area contributed by atoms with Gasteiger partial charge in [-0.15, -0.1) is 0 Å². The maximum absolute atomic E-state index is 13.0. The van der Waals surface area contributed by atoms with Gasteiger partial charge in [-0.2, -0.15) is 0 Å². The summed E-state index contributed by atoms with van der Waals surface area (Å²) in [6, 6.07) is 10.8. The molecule has 210 valence electrons. The summed E-state index contributed by atoms with van der Waals surface area (Å²) in [5.74, 6) is 0.642. The van der Waals surface area contributed by atoms with Gasteiger partial charge < -0.3 is 34.1 Å². The van der Waals surface area contributed by atoms with Crippen LogP contribution in [0.1, 0.15) is 38.8 Å². The summed E-state index contributed by atoms with van der Waals surface area (Å²) in [5.41, 5.74) is 0.776. The molecule has 10 heteroatoms. The Morgan fingerprint density at radius 1 is 0.947 bits per heavy atom. The van der Waals surface area contributed by atoms with Crippen LogP contribution in [0, 0.1) is 0 Å². The van der Waals surface area contributed by atoms with Gasteiger partial charge in [0.1, 0.15) is 17.7 Å².